The van der Waals surface area contributed by atoms with Gasteiger partial charge in [0.05, 0.1) is 0 Å². The van der Waals surface area contributed by atoms with E-state index in [0.717, 1.165) is 34.2 Å². The summed E-state index contributed by atoms with van der Waals surface area (Å²) in [5.74, 6) is 0.652. The van der Waals surface area contributed by atoms with E-state index in [-0.39, 0.29) is 5.41 Å². The molecule has 0 saturated heterocycles. The van der Waals surface area contributed by atoms with Crippen LogP contribution in [0.1, 0.15) is 50.6 Å². The van der Waals surface area contributed by atoms with E-state index >= 15 is 0 Å². The molecule has 35 heavy (non-hydrogen) atoms. The van der Waals surface area contributed by atoms with Crippen molar-refractivity contribution in [2.75, 3.05) is 0 Å². The minimum Gasteiger partial charge on any atom is -0.454 e. The van der Waals surface area contributed by atoms with Gasteiger partial charge < -0.3 is 4.42 Å². The molecule has 6 rings (SSSR count). The Morgan fingerprint density at radius 3 is 2.49 bits per heavy atom. The van der Waals surface area contributed by atoms with Gasteiger partial charge in [-0.25, -0.2) is 0 Å². The maximum Gasteiger partial charge on any atom is 0.161 e. The average Bonchev–Trinajstić information content (AvgIpc) is 3.32. The highest BCUT2D eigenvalue weighted by atomic mass is 32.1. The minimum atomic E-state index is 0.0208. The van der Waals surface area contributed by atoms with E-state index in [4.69, 9.17) is 9.40 Å². The van der Waals surface area contributed by atoms with Crippen LogP contribution in [0.3, 0.4) is 0 Å². The van der Waals surface area contributed by atoms with Crippen molar-refractivity contribution in [1.29, 1.82) is 0 Å². The van der Waals surface area contributed by atoms with Gasteiger partial charge >= 0.3 is 0 Å². The molecule has 3 aromatic heterocycles. The van der Waals surface area contributed by atoms with Crippen LogP contribution in [0.15, 0.2) is 65.2 Å². The smallest absolute Gasteiger partial charge is 0.161 e. The molecule has 0 saturated carbocycles. The summed E-state index contributed by atoms with van der Waals surface area (Å²) >= 11 is 1.91. The van der Waals surface area contributed by atoms with Crippen molar-refractivity contribution in [3.8, 4) is 11.3 Å². The number of hydrogen-bond donors (Lipinski definition) is 0. The van der Waals surface area contributed by atoms with Crippen LogP contribution in [-0.4, -0.2) is 4.98 Å². The summed E-state index contributed by atoms with van der Waals surface area (Å²) in [5, 5.41) is 6.19. The number of aromatic nitrogens is 1. The Morgan fingerprint density at radius 1 is 0.914 bits per heavy atom. The van der Waals surface area contributed by atoms with Gasteiger partial charge in [0.2, 0.25) is 0 Å². The number of rotatable bonds is 3. The fourth-order valence-corrected chi connectivity index (χ4v) is 6.74. The standard InChI is InChI=1S/C32H31NOS/c1-18(2)13-28-19(3)24-16-25-23-11-12-33-30(31(23)34-27(25)17-29(24)35-28)21-14-20-9-7-8-10-22(20)26(15-21)32(4,5)6/h7-12,14-18H,13H2,1-6H3. The monoisotopic (exact) mass is 477 g/mol. The second-order valence-corrected chi connectivity index (χ2v) is 12.4. The maximum absolute atomic E-state index is 6.56. The molecule has 0 aliphatic rings. The zero-order valence-corrected chi connectivity index (χ0v) is 22.1. The number of furan rings is 1. The van der Waals surface area contributed by atoms with Gasteiger partial charge in [0, 0.05) is 32.1 Å². The van der Waals surface area contributed by atoms with E-state index in [0.29, 0.717) is 5.92 Å². The second-order valence-electron chi connectivity index (χ2n) is 11.2. The molecule has 0 spiro atoms. The third kappa shape index (κ3) is 3.65. The lowest BCUT2D eigenvalue weighted by Gasteiger charge is -2.22. The third-order valence-electron chi connectivity index (χ3n) is 7.08. The predicted octanol–water partition coefficient (Wildman–Crippen LogP) is 9.82. The van der Waals surface area contributed by atoms with Crippen molar-refractivity contribution in [1.82, 2.24) is 4.98 Å². The Bertz CT molecular complexity index is 1740. The van der Waals surface area contributed by atoms with E-state index in [9.17, 15) is 0 Å². The molecule has 0 aliphatic carbocycles. The van der Waals surface area contributed by atoms with Crippen LogP contribution in [0.4, 0.5) is 0 Å². The Morgan fingerprint density at radius 2 is 1.71 bits per heavy atom. The average molecular weight is 478 g/mol. The first-order valence-corrected chi connectivity index (χ1v) is 13.3. The van der Waals surface area contributed by atoms with Gasteiger partial charge in [0.15, 0.2) is 5.58 Å². The lowest BCUT2D eigenvalue weighted by molar-refractivity contribution is 0.596. The summed E-state index contributed by atoms with van der Waals surface area (Å²) in [7, 11) is 0. The fraction of sp³-hybridized carbons (Fsp3) is 0.281. The van der Waals surface area contributed by atoms with Gasteiger partial charge in [0.25, 0.3) is 0 Å². The van der Waals surface area contributed by atoms with Crippen molar-refractivity contribution in [3.05, 3.63) is 76.8 Å². The number of nitrogens with zero attached hydrogens (tertiary/aromatic N) is 1. The Balaban J connectivity index is 1.60. The highest BCUT2D eigenvalue weighted by Gasteiger charge is 2.21. The molecule has 3 heteroatoms. The first-order valence-electron chi connectivity index (χ1n) is 12.5. The fourth-order valence-electron chi connectivity index (χ4n) is 5.31. The van der Waals surface area contributed by atoms with Gasteiger partial charge in [-0.1, -0.05) is 58.9 Å². The quantitative estimate of drug-likeness (QED) is 0.253. The van der Waals surface area contributed by atoms with Crippen LogP contribution in [0.5, 0.6) is 0 Å². The SMILES string of the molecule is Cc1c(CC(C)C)sc2cc3oc4c(-c5cc(C(C)(C)C)c6ccccc6c5)nccc4c3cc12. The van der Waals surface area contributed by atoms with Crippen molar-refractivity contribution in [3.63, 3.8) is 0 Å². The molecule has 0 fully saturated rings. The molecule has 0 bridgehead atoms. The van der Waals surface area contributed by atoms with Crippen LogP contribution in [0, 0.1) is 12.8 Å². The van der Waals surface area contributed by atoms with Gasteiger partial charge in [-0.15, -0.1) is 11.3 Å². The summed E-state index contributed by atoms with van der Waals surface area (Å²) in [4.78, 5) is 6.32. The van der Waals surface area contributed by atoms with E-state index in [1.54, 1.807) is 0 Å². The largest absolute Gasteiger partial charge is 0.454 e. The highest BCUT2D eigenvalue weighted by Crippen LogP contribution is 2.42. The van der Waals surface area contributed by atoms with Gasteiger partial charge in [-0.05, 0) is 82.3 Å². The molecule has 0 aliphatic heterocycles. The van der Waals surface area contributed by atoms with E-state index in [2.05, 4.69) is 96.1 Å². The summed E-state index contributed by atoms with van der Waals surface area (Å²) in [6.45, 7) is 13.7. The molecule has 2 nitrogen and oxygen atoms in total. The number of thiophene rings is 1. The van der Waals surface area contributed by atoms with E-state index in [1.807, 2.05) is 17.5 Å². The lowest BCUT2D eigenvalue weighted by atomic mass is 9.82. The molecule has 3 heterocycles. The molecule has 176 valence electrons. The van der Waals surface area contributed by atoms with Gasteiger partial charge in [-0.2, -0.15) is 0 Å². The second kappa shape index (κ2) is 7.93. The summed E-state index contributed by atoms with van der Waals surface area (Å²) < 4.78 is 7.86. The zero-order chi connectivity index (χ0) is 24.5. The topological polar surface area (TPSA) is 26.0 Å². The van der Waals surface area contributed by atoms with Crippen LogP contribution in [0.25, 0.3) is 54.1 Å². The zero-order valence-electron chi connectivity index (χ0n) is 21.3. The Hall–Kier alpha value is -3.17. The Labute approximate surface area is 210 Å². The van der Waals surface area contributed by atoms with Gasteiger partial charge in [0.1, 0.15) is 11.3 Å². The number of pyridine rings is 1. The summed E-state index contributed by atoms with van der Waals surface area (Å²) in [6.07, 6.45) is 3.05. The van der Waals surface area contributed by atoms with Crippen LogP contribution < -0.4 is 0 Å². The molecule has 0 unspecified atom stereocenters. The first kappa shape index (κ1) is 22.3. The molecular formula is C32H31NOS. The summed E-state index contributed by atoms with van der Waals surface area (Å²) in [5.41, 5.74) is 6.59. The Kier molecular flexibility index (Phi) is 5.05. The number of hydrogen-bond acceptors (Lipinski definition) is 3. The van der Waals surface area contributed by atoms with E-state index < -0.39 is 0 Å². The minimum absolute atomic E-state index is 0.0208. The van der Waals surface area contributed by atoms with Crippen molar-refractivity contribution < 1.29 is 4.42 Å². The molecule has 0 amide bonds. The van der Waals surface area contributed by atoms with Gasteiger partial charge in [-0.3, -0.25) is 4.98 Å². The molecule has 6 aromatic rings. The normalized spacial score (nSPS) is 12.7. The number of fused-ring (bicyclic) bond motifs is 5. The van der Waals surface area contributed by atoms with Crippen LogP contribution in [-0.2, 0) is 11.8 Å². The predicted molar refractivity (Wildman–Crippen MR) is 152 cm³/mol. The molecule has 0 radical (unpaired) electrons. The summed E-state index contributed by atoms with van der Waals surface area (Å²) in [6, 6.07) is 19.9. The third-order valence-corrected chi connectivity index (χ3v) is 8.36. The van der Waals surface area contributed by atoms with E-state index in [1.165, 1.54) is 42.2 Å². The molecule has 0 N–H and O–H groups in total. The molecule has 0 atom stereocenters. The lowest BCUT2D eigenvalue weighted by Crippen LogP contribution is -2.12. The van der Waals surface area contributed by atoms with Crippen molar-refractivity contribution >= 4 is 54.1 Å². The maximum atomic E-state index is 6.56. The molecular weight excluding hydrogens is 446 g/mol. The number of aryl methyl sites for hydroxylation is 1. The highest BCUT2D eigenvalue weighted by molar-refractivity contribution is 7.19. The van der Waals surface area contributed by atoms with Crippen LogP contribution in [0.2, 0.25) is 0 Å². The van der Waals surface area contributed by atoms with Crippen molar-refractivity contribution in [2.24, 2.45) is 5.92 Å². The van der Waals surface area contributed by atoms with Crippen LogP contribution >= 0.6 is 11.3 Å². The number of benzene rings is 3. The molecule has 3 aromatic carbocycles. The first-order chi connectivity index (χ1) is 16.7. The van der Waals surface area contributed by atoms with Crippen molar-refractivity contribution in [2.45, 2.75) is 53.4 Å².